The van der Waals surface area contributed by atoms with Crippen LogP contribution in [-0.4, -0.2) is 23.0 Å². The second-order valence-electron chi connectivity index (χ2n) is 5.42. The molecule has 0 aromatic rings. The SMILES string of the molecule is CN1C(C)(C)CC(C#N)CC1(C)C. The van der Waals surface area contributed by atoms with E-state index in [1.807, 2.05) is 0 Å². The first-order valence-corrected chi connectivity index (χ1v) is 4.93. The zero-order valence-corrected chi connectivity index (χ0v) is 9.39. The number of piperidine rings is 1. The lowest BCUT2D eigenvalue weighted by Crippen LogP contribution is -2.58. The Morgan fingerprint density at radius 3 is 1.85 bits per heavy atom. The van der Waals surface area contributed by atoms with Crippen LogP contribution < -0.4 is 0 Å². The molecule has 0 N–H and O–H groups in total. The molecule has 2 heteroatoms. The van der Waals surface area contributed by atoms with Gasteiger partial charge in [0.05, 0.1) is 6.07 Å². The molecule has 0 amide bonds. The summed E-state index contributed by atoms with van der Waals surface area (Å²) in [5.41, 5.74) is 0.310. The molecule has 0 aliphatic carbocycles. The van der Waals surface area contributed by atoms with Crippen LogP contribution in [0.4, 0.5) is 0 Å². The van der Waals surface area contributed by atoms with Crippen LogP contribution >= 0.6 is 0 Å². The van der Waals surface area contributed by atoms with Crippen LogP contribution in [0.1, 0.15) is 40.5 Å². The first-order chi connectivity index (χ1) is 5.79. The summed E-state index contributed by atoms with van der Waals surface area (Å²) in [6.45, 7) is 8.88. The van der Waals surface area contributed by atoms with Gasteiger partial charge in [0.25, 0.3) is 0 Å². The Bertz CT molecular complexity index is 217. The molecule has 0 aromatic carbocycles. The third-order valence-corrected chi connectivity index (χ3v) is 3.49. The Morgan fingerprint density at radius 1 is 1.15 bits per heavy atom. The highest BCUT2D eigenvalue weighted by molar-refractivity contribution is 5.03. The van der Waals surface area contributed by atoms with E-state index in [4.69, 9.17) is 5.26 Å². The zero-order chi connectivity index (χ0) is 10.3. The number of hydrogen-bond donors (Lipinski definition) is 0. The normalized spacial score (nSPS) is 28.3. The molecule has 1 heterocycles. The minimum absolute atomic E-state index is 0.155. The van der Waals surface area contributed by atoms with Crippen LogP contribution in [0, 0.1) is 17.2 Å². The van der Waals surface area contributed by atoms with E-state index < -0.39 is 0 Å². The van der Waals surface area contributed by atoms with Gasteiger partial charge < -0.3 is 0 Å². The fraction of sp³-hybridized carbons (Fsp3) is 0.909. The molecule has 1 rings (SSSR count). The van der Waals surface area contributed by atoms with E-state index in [1.54, 1.807) is 0 Å². The highest BCUT2D eigenvalue weighted by Crippen LogP contribution is 2.39. The van der Waals surface area contributed by atoms with Crippen LogP contribution in [0.25, 0.3) is 0 Å². The predicted molar refractivity (Wildman–Crippen MR) is 54.3 cm³/mol. The summed E-state index contributed by atoms with van der Waals surface area (Å²) in [5.74, 6) is 0.223. The smallest absolute Gasteiger partial charge is 0.0657 e. The Kier molecular flexibility index (Phi) is 2.42. The molecule has 0 aromatic heterocycles. The summed E-state index contributed by atoms with van der Waals surface area (Å²) in [6.07, 6.45) is 1.98. The Balaban J connectivity index is 2.90. The van der Waals surface area contributed by atoms with E-state index in [0.717, 1.165) is 12.8 Å². The molecule has 0 bridgehead atoms. The van der Waals surface area contributed by atoms with Crippen LogP contribution in [0.3, 0.4) is 0 Å². The number of nitriles is 1. The van der Waals surface area contributed by atoms with Gasteiger partial charge in [-0.1, -0.05) is 0 Å². The summed E-state index contributed by atoms with van der Waals surface area (Å²) in [6, 6.07) is 2.41. The first-order valence-electron chi connectivity index (χ1n) is 4.93. The average Bonchev–Trinajstić information content (AvgIpc) is 1.99. The number of rotatable bonds is 0. The van der Waals surface area contributed by atoms with Gasteiger partial charge in [-0.2, -0.15) is 5.26 Å². The molecule has 2 nitrogen and oxygen atoms in total. The van der Waals surface area contributed by atoms with Crippen molar-refractivity contribution in [2.24, 2.45) is 5.92 Å². The fourth-order valence-electron chi connectivity index (χ4n) is 2.46. The third-order valence-electron chi connectivity index (χ3n) is 3.49. The van der Waals surface area contributed by atoms with Crippen molar-refractivity contribution in [2.45, 2.75) is 51.6 Å². The van der Waals surface area contributed by atoms with Gasteiger partial charge in [-0.15, -0.1) is 0 Å². The van der Waals surface area contributed by atoms with Gasteiger partial charge >= 0.3 is 0 Å². The molecule has 1 fully saturated rings. The Hall–Kier alpha value is -0.550. The number of nitrogens with zero attached hydrogens (tertiary/aromatic N) is 2. The van der Waals surface area contributed by atoms with Gasteiger partial charge in [0.2, 0.25) is 0 Å². The standard InChI is InChI=1S/C11H20N2/c1-10(2)6-9(8-12)7-11(3,4)13(10)5/h9H,6-7H2,1-5H3. The maximum atomic E-state index is 8.97. The summed E-state index contributed by atoms with van der Waals surface area (Å²) in [4.78, 5) is 2.40. The summed E-state index contributed by atoms with van der Waals surface area (Å²) in [7, 11) is 2.16. The molecule has 0 saturated carbocycles. The van der Waals surface area contributed by atoms with Crippen LogP contribution in [0.5, 0.6) is 0 Å². The van der Waals surface area contributed by atoms with Crippen molar-refractivity contribution in [3.05, 3.63) is 0 Å². The van der Waals surface area contributed by atoms with Crippen molar-refractivity contribution in [1.29, 1.82) is 5.26 Å². The van der Waals surface area contributed by atoms with Crippen LogP contribution in [0.2, 0.25) is 0 Å². The monoisotopic (exact) mass is 180 g/mol. The van der Waals surface area contributed by atoms with E-state index in [1.165, 1.54) is 0 Å². The third kappa shape index (κ3) is 1.86. The van der Waals surface area contributed by atoms with E-state index in [-0.39, 0.29) is 17.0 Å². The quantitative estimate of drug-likeness (QED) is 0.572. The summed E-state index contributed by atoms with van der Waals surface area (Å²) >= 11 is 0. The van der Waals surface area contributed by atoms with Gasteiger partial charge in [-0.05, 0) is 47.6 Å². The van der Waals surface area contributed by atoms with Crippen LogP contribution in [0.15, 0.2) is 0 Å². The van der Waals surface area contributed by atoms with Gasteiger partial charge in [0.1, 0.15) is 0 Å². The molecule has 1 aliphatic heterocycles. The molecule has 0 radical (unpaired) electrons. The minimum atomic E-state index is 0.155. The van der Waals surface area contributed by atoms with E-state index >= 15 is 0 Å². The van der Waals surface area contributed by atoms with Crippen molar-refractivity contribution in [1.82, 2.24) is 4.90 Å². The Morgan fingerprint density at radius 2 is 1.54 bits per heavy atom. The van der Waals surface area contributed by atoms with Crippen molar-refractivity contribution >= 4 is 0 Å². The molecule has 1 saturated heterocycles. The lowest BCUT2D eigenvalue weighted by atomic mass is 9.75. The lowest BCUT2D eigenvalue weighted by molar-refractivity contribution is -0.0179. The molecular weight excluding hydrogens is 160 g/mol. The minimum Gasteiger partial charge on any atom is -0.296 e. The molecule has 0 unspecified atom stereocenters. The number of likely N-dealkylation sites (tertiary alicyclic amines) is 1. The highest BCUT2D eigenvalue weighted by Gasteiger charge is 2.42. The van der Waals surface area contributed by atoms with Crippen molar-refractivity contribution in [2.75, 3.05) is 7.05 Å². The molecule has 0 atom stereocenters. The highest BCUT2D eigenvalue weighted by atomic mass is 15.2. The largest absolute Gasteiger partial charge is 0.296 e. The molecule has 74 valence electrons. The maximum Gasteiger partial charge on any atom is 0.0657 e. The molecule has 0 spiro atoms. The zero-order valence-electron chi connectivity index (χ0n) is 9.39. The topological polar surface area (TPSA) is 27.0 Å². The molecule has 13 heavy (non-hydrogen) atoms. The van der Waals surface area contributed by atoms with Gasteiger partial charge in [0.15, 0.2) is 0 Å². The fourth-order valence-corrected chi connectivity index (χ4v) is 2.46. The predicted octanol–water partition coefficient (Wildman–Crippen LogP) is 2.41. The van der Waals surface area contributed by atoms with Gasteiger partial charge in [-0.3, -0.25) is 4.90 Å². The molecule has 1 aliphatic rings. The summed E-state index contributed by atoms with van der Waals surface area (Å²) in [5, 5.41) is 8.97. The van der Waals surface area contributed by atoms with Gasteiger partial charge in [0, 0.05) is 17.0 Å². The van der Waals surface area contributed by atoms with E-state index in [9.17, 15) is 0 Å². The second-order valence-corrected chi connectivity index (χ2v) is 5.42. The van der Waals surface area contributed by atoms with Gasteiger partial charge in [-0.25, -0.2) is 0 Å². The van der Waals surface area contributed by atoms with Crippen LogP contribution in [-0.2, 0) is 0 Å². The second kappa shape index (κ2) is 2.99. The van der Waals surface area contributed by atoms with Crippen molar-refractivity contribution in [3.63, 3.8) is 0 Å². The first kappa shape index (κ1) is 10.5. The summed E-state index contributed by atoms with van der Waals surface area (Å²) < 4.78 is 0. The van der Waals surface area contributed by atoms with E-state index in [0.29, 0.717) is 0 Å². The van der Waals surface area contributed by atoms with Crippen molar-refractivity contribution in [3.8, 4) is 6.07 Å². The maximum absolute atomic E-state index is 8.97. The van der Waals surface area contributed by atoms with Crippen molar-refractivity contribution < 1.29 is 0 Å². The average molecular weight is 180 g/mol. The number of hydrogen-bond acceptors (Lipinski definition) is 2. The Labute approximate surface area is 81.5 Å². The lowest BCUT2D eigenvalue weighted by Gasteiger charge is -2.52. The van der Waals surface area contributed by atoms with E-state index in [2.05, 4.69) is 45.7 Å². The molecular formula is C11H20N2.